The van der Waals surface area contributed by atoms with E-state index in [1.165, 1.54) is 14.2 Å². The number of ether oxygens (including phenoxy) is 2. The summed E-state index contributed by atoms with van der Waals surface area (Å²) in [6.45, 7) is 3.73. The molecule has 0 saturated heterocycles. The van der Waals surface area contributed by atoms with Gasteiger partial charge < -0.3 is 9.47 Å². The molecule has 1 atom stereocenters. The first-order chi connectivity index (χ1) is 12.4. The number of carbonyl (C=O) groups excluding carboxylic acids is 2. The second-order valence-electron chi connectivity index (χ2n) is 5.88. The minimum Gasteiger partial charge on any atom is -0.496 e. The van der Waals surface area contributed by atoms with Crippen molar-refractivity contribution >= 4 is 19.1 Å². The summed E-state index contributed by atoms with van der Waals surface area (Å²) in [7, 11) is 0.593. The van der Waals surface area contributed by atoms with Crippen molar-refractivity contribution in [2.75, 3.05) is 20.4 Å². The zero-order valence-corrected chi connectivity index (χ0v) is 16.3. The van der Waals surface area contributed by atoms with Gasteiger partial charge >= 0.3 is 13.3 Å². The summed E-state index contributed by atoms with van der Waals surface area (Å²) in [5.74, 6) is 0.501. The summed E-state index contributed by atoms with van der Waals surface area (Å²) < 4.78 is 22.9. The molecule has 0 aliphatic rings. The summed E-state index contributed by atoms with van der Waals surface area (Å²) in [6, 6.07) is 10.5. The van der Waals surface area contributed by atoms with Gasteiger partial charge in [0.05, 0.1) is 20.6 Å². The van der Waals surface area contributed by atoms with E-state index in [-0.39, 0.29) is 23.9 Å². The van der Waals surface area contributed by atoms with Crippen molar-refractivity contribution in [3.05, 3.63) is 58.7 Å². The molecule has 5 nitrogen and oxygen atoms in total. The highest BCUT2D eigenvalue weighted by Crippen LogP contribution is 2.37. The van der Waals surface area contributed by atoms with Crippen molar-refractivity contribution in [1.29, 1.82) is 0 Å². The molecule has 2 aromatic carbocycles. The maximum Gasteiger partial charge on any atom is 0.420 e. The number of hydrogen-bond donors (Lipinski definition) is 0. The van der Waals surface area contributed by atoms with Gasteiger partial charge in [0.25, 0.3) is 0 Å². The lowest BCUT2D eigenvalue weighted by molar-refractivity contribution is 0.0988. The quantitative estimate of drug-likeness (QED) is 0.501. The largest absolute Gasteiger partial charge is 0.496 e. The highest BCUT2D eigenvalue weighted by molar-refractivity contribution is 7.64. The van der Waals surface area contributed by atoms with Crippen molar-refractivity contribution < 1.29 is 23.6 Å². The van der Waals surface area contributed by atoms with Crippen molar-refractivity contribution in [2.45, 2.75) is 20.3 Å². The first-order valence-corrected chi connectivity index (χ1v) is 9.64. The van der Waals surface area contributed by atoms with Crippen LogP contribution in [0.15, 0.2) is 36.4 Å². The van der Waals surface area contributed by atoms with Gasteiger partial charge in [-0.2, -0.15) is 0 Å². The first kappa shape index (κ1) is 19.8. The maximum atomic E-state index is 12.6. The van der Waals surface area contributed by atoms with E-state index in [1.807, 2.05) is 32.0 Å². The molecule has 0 aliphatic heterocycles. The van der Waals surface area contributed by atoms with Crippen LogP contribution in [-0.2, 0) is 4.57 Å². The molecule has 0 heterocycles. The standard InChI is InChI=1S/C20H22O5P/c1-13-7-5-8-14(2)18(13)15(21)11-12-26(23)20(22)19-16(24-3)9-6-10-17(19)25-4/h5-10H,11-12H2,1-4H3/q+1. The van der Waals surface area contributed by atoms with Crippen LogP contribution < -0.4 is 9.47 Å². The van der Waals surface area contributed by atoms with Crippen LogP contribution in [0.5, 0.6) is 11.5 Å². The second kappa shape index (κ2) is 8.72. The van der Waals surface area contributed by atoms with E-state index in [0.29, 0.717) is 17.1 Å². The minimum absolute atomic E-state index is 0.0119. The van der Waals surface area contributed by atoms with Gasteiger partial charge in [0.1, 0.15) is 11.5 Å². The highest BCUT2D eigenvalue weighted by atomic mass is 31.1. The lowest BCUT2D eigenvalue weighted by Gasteiger charge is -2.08. The number of ketones is 1. The molecular formula is C20H22O5P+. The van der Waals surface area contributed by atoms with E-state index >= 15 is 0 Å². The van der Waals surface area contributed by atoms with Crippen LogP contribution in [0.1, 0.15) is 38.3 Å². The Morgan fingerprint density at radius 3 is 1.88 bits per heavy atom. The predicted molar refractivity (Wildman–Crippen MR) is 101 cm³/mol. The monoisotopic (exact) mass is 373 g/mol. The van der Waals surface area contributed by atoms with Crippen LogP contribution in [0.2, 0.25) is 0 Å². The highest BCUT2D eigenvalue weighted by Gasteiger charge is 2.35. The fraction of sp³-hybridized carbons (Fsp3) is 0.300. The van der Waals surface area contributed by atoms with Crippen LogP contribution >= 0.6 is 7.80 Å². The Balaban J connectivity index is 2.16. The maximum absolute atomic E-state index is 12.6. The van der Waals surface area contributed by atoms with E-state index in [9.17, 15) is 14.2 Å². The van der Waals surface area contributed by atoms with Gasteiger partial charge in [0, 0.05) is 5.56 Å². The Labute approximate surface area is 154 Å². The number of carbonyl (C=O) groups is 2. The van der Waals surface area contributed by atoms with Gasteiger partial charge in [0.15, 0.2) is 17.5 Å². The van der Waals surface area contributed by atoms with Gasteiger partial charge in [-0.15, -0.1) is 0 Å². The van der Waals surface area contributed by atoms with E-state index in [2.05, 4.69) is 0 Å². The van der Waals surface area contributed by atoms with Gasteiger partial charge in [-0.25, -0.2) is 4.79 Å². The molecule has 0 radical (unpaired) electrons. The average Bonchev–Trinajstić information content (AvgIpc) is 2.64. The Morgan fingerprint density at radius 1 is 0.885 bits per heavy atom. The topological polar surface area (TPSA) is 69.7 Å². The lowest BCUT2D eigenvalue weighted by atomic mass is 9.98. The average molecular weight is 373 g/mol. The first-order valence-electron chi connectivity index (χ1n) is 8.20. The summed E-state index contributed by atoms with van der Waals surface area (Å²) in [4.78, 5) is 25.1. The fourth-order valence-corrected chi connectivity index (χ4v) is 3.95. The zero-order chi connectivity index (χ0) is 19.3. The van der Waals surface area contributed by atoms with Crippen molar-refractivity contribution in [2.24, 2.45) is 0 Å². The van der Waals surface area contributed by atoms with Gasteiger partial charge in [-0.3, -0.25) is 4.79 Å². The number of rotatable bonds is 8. The van der Waals surface area contributed by atoms with E-state index < -0.39 is 13.3 Å². The Bertz CT molecular complexity index is 815. The van der Waals surface area contributed by atoms with Crippen molar-refractivity contribution in [3.8, 4) is 11.5 Å². The summed E-state index contributed by atoms with van der Waals surface area (Å²) in [6.07, 6.45) is 0.0338. The SMILES string of the molecule is COc1cccc(OC)c1C(=O)[P+](=O)CCC(=O)c1c(C)cccc1C. The van der Waals surface area contributed by atoms with Crippen molar-refractivity contribution in [3.63, 3.8) is 0 Å². The molecule has 0 fully saturated rings. The molecule has 0 bridgehead atoms. The minimum atomic E-state index is -2.27. The third-order valence-corrected chi connectivity index (χ3v) is 5.48. The molecule has 2 rings (SSSR count). The number of aryl methyl sites for hydroxylation is 2. The van der Waals surface area contributed by atoms with Crippen molar-refractivity contribution in [1.82, 2.24) is 0 Å². The molecule has 1 unspecified atom stereocenters. The molecule has 0 aliphatic carbocycles. The smallest absolute Gasteiger partial charge is 0.420 e. The van der Waals surface area contributed by atoms with Crippen LogP contribution in [0.3, 0.4) is 0 Å². The molecule has 0 spiro atoms. The molecule has 0 N–H and O–H groups in total. The Kier molecular flexibility index (Phi) is 6.64. The van der Waals surface area contributed by atoms with Crippen LogP contribution in [0.25, 0.3) is 0 Å². The zero-order valence-electron chi connectivity index (χ0n) is 15.4. The molecule has 0 aromatic heterocycles. The summed E-state index contributed by atoms with van der Waals surface area (Å²) >= 11 is 0. The normalized spacial score (nSPS) is 11.0. The lowest BCUT2D eigenvalue weighted by Crippen LogP contribution is -2.08. The molecule has 26 heavy (non-hydrogen) atoms. The number of hydrogen-bond acceptors (Lipinski definition) is 5. The summed E-state index contributed by atoms with van der Waals surface area (Å²) in [5.41, 5.74) is 1.98. The van der Waals surface area contributed by atoms with Gasteiger partial charge in [-0.1, -0.05) is 28.8 Å². The molecule has 0 saturated carbocycles. The van der Waals surface area contributed by atoms with Crippen LogP contribution in [-0.4, -0.2) is 31.7 Å². The Hall–Kier alpha value is -2.52. The number of benzene rings is 2. The molecular weight excluding hydrogens is 351 g/mol. The second-order valence-corrected chi connectivity index (χ2v) is 7.50. The Morgan fingerprint density at radius 2 is 1.38 bits per heavy atom. The van der Waals surface area contributed by atoms with E-state index in [4.69, 9.17) is 9.47 Å². The number of Topliss-reactive ketones (excluding diaryl/α,β-unsaturated/α-hetero) is 1. The third-order valence-electron chi connectivity index (χ3n) is 4.17. The molecule has 136 valence electrons. The number of methoxy groups -OCH3 is 2. The predicted octanol–water partition coefficient (Wildman–Crippen LogP) is 4.56. The van der Waals surface area contributed by atoms with E-state index in [1.54, 1.807) is 18.2 Å². The third kappa shape index (κ3) is 4.17. The van der Waals surface area contributed by atoms with E-state index in [0.717, 1.165) is 11.1 Å². The molecule has 6 heteroatoms. The van der Waals surface area contributed by atoms with Gasteiger partial charge in [-0.05, 0) is 37.1 Å². The summed E-state index contributed by atoms with van der Waals surface area (Å²) in [5, 5.41) is 0. The van der Waals surface area contributed by atoms with Crippen LogP contribution in [0.4, 0.5) is 0 Å². The fourth-order valence-electron chi connectivity index (χ4n) is 2.87. The molecule has 2 aromatic rings. The van der Waals surface area contributed by atoms with Gasteiger partial charge in [0.2, 0.25) is 0 Å². The van der Waals surface area contributed by atoms with Crippen LogP contribution in [0, 0.1) is 13.8 Å². The molecule has 0 amide bonds.